The molecule has 4 rings (SSSR count). The molecule has 1 aliphatic heterocycles. The molecule has 7 heteroatoms. The number of carbonyl (C=O) groups excluding carboxylic acids is 2. The Bertz CT molecular complexity index is 980. The van der Waals surface area contributed by atoms with Gasteiger partial charge in [-0.05, 0) is 55.7 Å². The molecule has 0 atom stereocenters. The molecule has 156 valence electrons. The lowest BCUT2D eigenvalue weighted by Gasteiger charge is -2.20. The van der Waals surface area contributed by atoms with Gasteiger partial charge < -0.3 is 14.8 Å². The van der Waals surface area contributed by atoms with Gasteiger partial charge in [0.15, 0.2) is 11.5 Å². The smallest absolute Gasteiger partial charge is 0.271 e. The number of hydrogen-bond acceptors (Lipinski definition) is 5. The van der Waals surface area contributed by atoms with E-state index in [4.69, 9.17) is 9.47 Å². The van der Waals surface area contributed by atoms with Gasteiger partial charge in [-0.15, -0.1) is 0 Å². The first-order valence-corrected chi connectivity index (χ1v) is 10.3. The second-order valence-electron chi connectivity index (χ2n) is 7.61. The van der Waals surface area contributed by atoms with Crippen molar-refractivity contribution in [3.63, 3.8) is 0 Å². The van der Waals surface area contributed by atoms with Gasteiger partial charge in [-0.3, -0.25) is 9.59 Å². The molecule has 0 saturated heterocycles. The Hall–Kier alpha value is -3.35. The van der Waals surface area contributed by atoms with Crippen LogP contribution in [0.2, 0.25) is 0 Å². The SMILES string of the molecule is C/C(=N/NC(=O)c1ccc2c(c1)OCO2)c1cccc(NC(=O)C2CCCCC2)c1. The summed E-state index contributed by atoms with van der Waals surface area (Å²) >= 11 is 0. The molecule has 7 nitrogen and oxygen atoms in total. The summed E-state index contributed by atoms with van der Waals surface area (Å²) in [6.07, 6.45) is 5.36. The topological polar surface area (TPSA) is 89.0 Å². The Balaban J connectivity index is 1.39. The Morgan fingerprint density at radius 3 is 2.60 bits per heavy atom. The number of hydrazone groups is 1. The van der Waals surface area contributed by atoms with Crippen LogP contribution in [-0.4, -0.2) is 24.3 Å². The van der Waals surface area contributed by atoms with Gasteiger partial charge in [0.1, 0.15) is 0 Å². The molecule has 1 saturated carbocycles. The lowest BCUT2D eigenvalue weighted by molar-refractivity contribution is -0.120. The zero-order valence-corrected chi connectivity index (χ0v) is 16.9. The highest BCUT2D eigenvalue weighted by Gasteiger charge is 2.21. The average Bonchev–Trinajstić information content (AvgIpc) is 3.26. The summed E-state index contributed by atoms with van der Waals surface area (Å²) in [6.45, 7) is 1.97. The van der Waals surface area contributed by atoms with Crippen molar-refractivity contribution in [2.24, 2.45) is 11.0 Å². The quantitative estimate of drug-likeness (QED) is 0.577. The van der Waals surface area contributed by atoms with Crippen molar-refractivity contribution in [2.75, 3.05) is 12.1 Å². The van der Waals surface area contributed by atoms with Gasteiger partial charge in [0.05, 0.1) is 5.71 Å². The van der Waals surface area contributed by atoms with Crippen molar-refractivity contribution < 1.29 is 19.1 Å². The van der Waals surface area contributed by atoms with Crippen molar-refractivity contribution in [2.45, 2.75) is 39.0 Å². The Labute approximate surface area is 175 Å². The van der Waals surface area contributed by atoms with Crippen LogP contribution in [0.1, 0.15) is 54.9 Å². The molecular weight excluding hydrogens is 382 g/mol. The molecule has 0 aromatic heterocycles. The zero-order valence-electron chi connectivity index (χ0n) is 16.9. The summed E-state index contributed by atoms with van der Waals surface area (Å²) in [7, 11) is 0. The highest BCUT2D eigenvalue weighted by atomic mass is 16.7. The third-order valence-corrected chi connectivity index (χ3v) is 5.48. The summed E-state index contributed by atoms with van der Waals surface area (Å²) in [5, 5.41) is 7.22. The Morgan fingerprint density at radius 1 is 0.967 bits per heavy atom. The molecule has 1 aliphatic carbocycles. The molecule has 2 aromatic carbocycles. The molecule has 2 aliphatic rings. The molecule has 0 spiro atoms. The highest BCUT2D eigenvalue weighted by molar-refractivity contribution is 6.02. The van der Waals surface area contributed by atoms with Gasteiger partial charge in [0, 0.05) is 17.2 Å². The van der Waals surface area contributed by atoms with Crippen LogP contribution in [-0.2, 0) is 4.79 Å². The molecule has 2 aromatic rings. The van der Waals surface area contributed by atoms with Crippen LogP contribution in [0.15, 0.2) is 47.6 Å². The van der Waals surface area contributed by atoms with Crippen molar-refractivity contribution in [1.29, 1.82) is 0 Å². The summed E-state index contributed by atoms with van der Waals surface area (Å²) in [6, 6.07) is 12.5. The first kappa shape index (κ1) is 19.9. The first-order valence-electron chi connectivity index (χ1n) is 10.3. The van der Waals surface area contributed by atoms with E-state index in [2.05, 4.69) is 15.8 Å². The van der Waals surface area contributed by atoms with E-state index in [0.29, 0.717) is 22.8 Å². The standard InChI is InChI=1S/C23H25N3O4/c1-15(25-26-23(28)18-10-11-20-21(13-18)30-14-29-20)17-8-5-9-19(12-17)24-22(27)16-6-3-2-4-7-16/h5,8-13,16H,2-4,6-7,14H2,1H3,(H,24,27)(H,26,28)/b25-15-. The van der Waals surface area contributed by atoms with Crippen molar-refractivity contribution in [3.05, 3.63) is 53.6 Å². The number of fused-ring (bicyclic) bond motifs is 1. The van der Waals surface area contributed by atoms with Crippen LogP contribution in [0.5, 0.6) is 11.5 Å². The fourth-order valence-electron chi connectivity index (χ4n) is 3.73. The summed E-state index contributed by atoms with van der Waals surface area (Å²) in [4.78, 5) is 24.9. The van der Waals surface area contributed by atoms with Crippen LogP contribution < -0.4 is 20.2 Å². The number of amides is 2. The fraction of sp³-hybridized carbons (Fsp3) is 0.348. The normalized spacial score (nSPS) is 16.2. The van der Waals surface area contributed by atoms with E-state index in [0.717, 1.165) is 36.9 Å². The minimum Gasteiger partial charge on any atom is -0.454 e. The van der Waals surface area contributed by atoms with Gasteiger partial charge in [-0.1, -0.05) is 31.4 Å². The number of rotatable bonds is 5. The predicted octanol–water partition coefficient (Wildman–Crippen LogP) is 4.09. The maximum Gasteiger partial charge on any atom is 0.271 e. The van der Waals surface area contributed by atoms with Gasteiger partial charge >= 0.3 is 0 Å². The average molecular weight is 407 g/mol. The van der Waals surface area contributed by atoms with E-state index in [1.54, 1.807) is 18.2 Å². The van der Waals surface area contributed by atoms with Crippen molar-refractivity contribution >= 4 is 23.2 Å². The number of benzene rings is 2. The van der Waals surface area contributed by atoms with E-state index < -0.39 is 0 Å². The molecule has 2 amide bonds. The highest BCUT2D eigenvalue weighted by Crippen LogP contribution is 2.32. The third kappa shape index (κ3) is 4.62. The Kier molecular flexibility index (Phi) is 5.97. The maximum absolute atomic E-state index is 12.5. The predicted molar refractivity (Wildman–Crippen MR) is 114 cm³/mol. The van der Waals surface area contributed by atoms with Crippen LogP contribution in [0.4, 0.5) is 5.69 Å². The zero-order chi connectivity index (χ0) is 20.9. The molecule has 1 fully saturated rings. The molecule has 0 bridgehead atoms. The largest absolute Gasteiger partial charge is 0.454 e. The minimum absolute atomic E-state index is 0.0811. The number of ether oxygens (including phenoxy) is 2. The van der Waals surface area contributed by atoms with E-state index in [1.807, 2.05) is 31.2 Å². The van der Waals surface area contributed by atoms with Crippen molar-refractivity contribution in [3.8, 4) is 11.5 Å². The van der Waals surface area contributed by atoms with Gasteiger partial charge in [-0.2, -0.15) is 5.10 Å². The lowest BCUT2D eigenvalue weighted by Crippen LogP contribution is -2.24. The van der Waals surface area contributed by atoms with Gasteiger partial charge in [0.2, 0.25) is 12.7 Å². The summed E-state index contributed by atoms with van der Waals surface area (Å²) in [5.41, 5.74) is 5.19. The van der Waals surface area contributed by atoms with E-state index in [1.165, 1.54) is 6.42 Å². The molecule has 0 radical (unpaired) electrons. The Morgan fingerprint density at radius 2 is 1.77 bits per heavy atom. The van der Waals surface area contributed by atoms with Gasteiger partial charge in [0.25, 0.3) is 5.91 Å². The molecular formula is C23H25N3O4. The van der Waals surface area contributed by atoms with E-state index in [-0.39, 0.29) is 24.5 Å². The summed E-state index contributed by atoms with van der Waals surface area (Å²) < 4.78 is 10.6. The fourth-order valence-corrected chi connectivity index (χ4v) is 3.73. The number of nitrogens with one attached hydrogen (secondary N) is 2. The van der Waals surface area contributed by atoms with Crippen LogP contribution in [0.25, 0.3) is 0 Å². The molecule has 0 unspecified atom stereocenters. The number of hydrogen-bond donors (Lipinski definition) is 2. The van der Waals surface area contributed by atoms with Gasteiger partial charge in [-0.25, -0.2) is 5.43 Å². The van der Waals surface area contributed by atoms with E-state index in [9.17, 15) is 9.59 Å². The van der Waals surface area contributed by atoms with Crippen LogP contribution in [0.3, 0.4) is 0 Å². The number of nitrogens with zero attached hydrogens (tertiary/aromatic N) is 1. The second kappa shape index (κ2) is 8.98. The molecule has 30 heavy (non-hydrogen) atoms. The lowest BCUT2D eigenvalue weighted by atomic mass is 9.88. The van der Waals surface area contributed by atoms with E-state index >= 15 is 0 Å². The molecule has 2 N–H and O–H groups in total. The first-order chi connectivity index (χ1) is 14.6. The van der Waals surface area contributed by atoms with Crippen LogP contribution in [0, 0.1) is 5.92 Å². The maximum atomic E-state index is 12.5. The van der Waals surface area contributed by atoms with Crippen molar-refractivity contribution in [1.82, 2.24) is 5.43 Å². The second-order valence-corrected chi connectivity index (χ2v) is 7.61. The number of carbonyl (C=O) groups is 2. The third-order valence-electron chi connectivity index (χ3n) is 5.48. The summed E-state index contributed by atoms with van der Waals surface area (Å²) in [5.74, 6) is 1.01. The monoisotopic (exact) mass is 407 g/mol. The van der Waals surface area contributed by atoms with Crippen LogP contribution >= 0.6 is 0 Å². The minimum atomic E-state index is -0.339. The number of anilines is 1. The molecule has 1 heterocycles.